The molecule has 0 atom stereocenters. The van der Waals surface area contributed by atoms with Crippen LogP contribution in [-0.2, 0) is 10.2 Å². The summed E-state index contributed by atoms with van der Waals surface area (Å²) in [6, 6.07) is 7.28. The molecule has 21 heavy (non-hydrogen) atoms. The Morgan fingerprint density at radius 3 is 2.24 bits per heavy atom. The molecule has 0 aliphatic carbocycles. The molecule has 0 radical (unpaired) electrons. The molecular formula is C14H26N4O2S. The van der Waals surface area contributed by atoms with Gasteiger partial charge in [0, 0.05) is 39.1 Å². The summed E-state index contributed by atoms with van der Waals surface area (Å²) >= 11 is 0. The molecule has 0 unspecified atom stereocenters. The Kier molecular flexibility index (Phi) is 6.94. The monoisotopic (exact) mass is 314 g/mol. The van der Waals surface area contributed by atoms with E-state index in [0.717, 1.165) is 25.2 Å². The van der Waals surface area contributed by atoms with Crippen molar-refractivity contribution in [1.29, 1.82) is 0 Å². The first-order chi connectivity index (χ1) is 9.86. The Bertz CT molecular complexity index is 514. The second-order valence-corrected chi connectivity index (χ2v) is 6.85. The molecule has 1 aromatic rings. The van der Waals surface area contributed by atoms with Crippen LogP contribution in [0.25, 0.3) is 0 Å². The van der Waals surface area contributed by atoms with Crippen molar-refractivity contribution in [1.82, 2.24) is 9.62 Å². The third kappa shape index (κ3) is 5.91. The van der Waals surface area contributed by atoms with Gasteiger partial charge in [0.05, 0.1) is 0 Å². The minimum Gasteiger partial charge on any atom is -0.378 e. The van der Waals surface area contributed by atoms with Crippen LogP contribution in [0, 0.1) is 0 Å². The first-order valence-electron chi connectivity index (χ1n) is 7.09. The smallest absolute Gasteiger partial charge is 0.301 e. The summed E-state index contributed by atoms with van der Waals surface area (Å²) < 4.78 is 28.3. The topological polar surface area (TPSA) is 64.7 Å². The number of rotatable bonds is 9. The zero-order valence-corrected chi connectivity index (χ0v) is 14.1. The number of anilines is 2. The van der Waals surface area contributed by atoms with Crippen LogP contribution < -0.4 is 14.9 Å². The van der Waals surface area contributed by atoms with E-state index in [1.165, 1.54) is 4.31 Å². The number of hydrogen-bond acceptors (Lipinski definition) is 4. The summed E-state index contributed by atoms with van der Waals surface area (Å²) in [4.78, 5) is 1.96. The Labute approximate surface area is 128 Å². The summed E-state index contributed by atoms with van der Waals surface area (Å²) in [5.41, 5.74) is 1.59. The molecule has 0 aliphatic heterocycles. The van der Waals surface area contributed by atoms with Crippen molar-refractivity contribution >= 4 is 21.6 Å². The lowest BCUT2D eigenvalue weighted by molar-refractivity contribution is 0.459. The summed E-state index contributed by atoms with van der Waals surface area (Å²) in [5, 5.41) is 3.18. The fourth-order valence-electron chi connectivity index (χ4n) is 1.78. The van der Waals surface area contributed by atoms with Crippen molar-refractivity contribution in [3.05, 3.63) is 24.3 Å². The highest BCUT2D eigenvalue weighted by molar-refractivity contribution is 7.90. The van der Waals surface area contributed by atoms with Crippen molar-refractivity contribution in [2.75, 3.05) is 50.4 Å². The molecule has 6 nitrogen and oxygen atoms in total. The van der Waals surface area contributed by atoms with Gasteiger partial charge in [0.15, 0.2) is 0 Å². The molecular weight excluding hydrogens is 288 g/mol. The van der Waals surface area contributed by atoms with E-state index >= 15 is 0 Å². The average Bonchev–Trinajstić information content (AvgIpc) is 2.43. The lowest BCUT2D eigenvalue weighted by Gasteiger charge is -2.19. The van der Waals surface area contributed by atoms with Gasteiger partial charge in [-0.05, 0) is 43.8 Å². The quantitative estimate of drug-likeness (QED) is 0.675. The van der Waals surface area contributed by atoms with Gasteiger partial charge >= 0.3 is 10.2 Å². The van der Waals surface area contributed by atoms with Gasteiger partial charge in [-0.2, -0.15) is 12.7 Å². The lowest BCUT2D eigenvalue weighted by atomic mass is 10.3. The molecule has 0 saturated carbocycles. The Balaban J connectivity index is 2.58. The zero-order valence-electron chi connectivity index (χ0n) is 13.3. The summed E-state index contributed by atoms with van der Waals surface area (Å²) in [5.74, 6) is 0. The van der Waals surface area contributed by atoms with E-state index in [1.807, 2.05) is 38.1 Å². The highest BCUT2D eigenvalue weighted by atomic mass is 32.2. The van der Waals surface area contributed by atoms with E-state index in [4.69, 9.17) is 0 Å². The van der Waals surface area contributed by atoms with Gasteiger partial charge in [-0.15, -0.1) is 0 Å². The largest absolute Gasteiger partial charge is 0.378 e. The molecule has 0 bridgehead atoms. The highest BCUT2D eigenvalue weighted by Crippen LogP contribution is 2.17. The second-order valence-electron chi connectivity index (χ2n) is 5.08. The normalized spacial score (nSPS) is 11.7. The molecule has 2 N–H and O–H groups in total. The maximum Gasteiger partial charge on any atom is 0.301 e. The van der Waals surface area contributed by atoms with Gasteiger partial charge in [0.25, 0.3) is 0 Å². The summed E-state index contributed by atoms with van der Waals surface area (Å²) in [7, 11) is 1.98. The van der Waals surface area contributed by atoms with Crippen LogP contribution >= 0.6 is 0 Å². The van der Waals surface area contributed by atoms with Crippen molar-refractivity contribution < 1.29 is 8.42 Å². The molecule has 0 fully saturated rings. The van der Waals surface area contributed by atoms with Gasteiger partial charge in [-0.3, -0.25) is 4.72 Å². The fraction of sp³-hybridized carbons (Fsp3) is 0.571. The van der Waals surface area contributed by atoms with Crippen molar-refractivity contribution in [3.8, 4) is 0 Å². The van der Waals surface area contributed by atoms with Crippen LogP contribution in [0.4, 0.5) is 11.4 Å². The Morgan fingerprint density at radius 2 is 1.71 bits per heavy atom. The van der Waals surface area contributed by atoms with Crippen molar-refractivity contribution in [3.63, 3.8) is 0 Å². The first-order valence-corrected chi connectivity index (χ1v) is 8.53. The van der Waals surface area contributed by atoms with E-state index in [1.54, 1.807) is 19.2 Å². The zero-order chi connectivity index (χ0) is 15.9. The molecule has 0 aromatic heterocycles. The first kappa shape index (κ1) is 17.7. The van der Waals surface area contributed by atoms with Gasteiger partial charge < -0.3 is 10.2 Å². The van der Waals surface area contributed by atoms with Crippen LogP contribution in [0.5, 0.6) is 0 Å². The van der Waals surface area contributed by atoms with Crippen LogP contribution in [0.1, 0.15) is 13.3 Å². The molecule has 0 spiro atoms. The number of hydrogen-bond donors (Lipinski definition) is 2. The number of nitrogens with one attached hydrogen (secondary N) is 2. The number of benzene rings is 1. The van der Waals surface area contributed by atoms with Crippen LogP contribution in [-0.4, -0.2) is 53.5 Å². The van der Waals surface area contributed by atoms with E-state index in [2.05, 4.69) is 10.0 Å². The number of nitrogens with zero attached hydrogens (tertiary/aromatic N) is 2. The minimum atomic E-state index is -3.49. The molecule has 1 rings (SSSR count). The maximum absolute atomic E-state index is 12.2. The molecule has 7 heteroatoms. The fourth-order valence-corrected chi connectivity index (χ4v) is 2.74. The molecule has 1 aromatic carbocycles. The molecule has 0 amide bonds. The van der Waals surface area contributed by atoms with Gasteiger partial charge in [-0.25, -0.2) is 0 Å². The van der Waals surface area contributed by atoms with E-state index in [-0.39, 0.29) is 0 Å². The van der Waals surface area contributed by atoms with Gasteiger partial charge in [0.1, 0.15) is 0 Å². The Hall–Kier alpha value is -1.31. The van der Waals surface area contributed by atoms with Crippen LogP contribution in [0.2, 0.25) is 0 Å². The van der Waals surface area contributed by atoms with Gasteiger partial charge in [0.2, 0.25) is 0 Å². The predicted molar refractivity (Wildman–Crippen MR) is 89.1 cm³/mol. The van der Waals surface area contributed by atoms with Gasteiger partial charge in [-0.1, -0.05) is 6.92 Å². The Morgan fingerprint density at radius 1 is 1.10 bits per heavy atom. The molecule has 0 saturated heterocycles. The standard InChI is InChI=1S/C14H26N4O2S/c1-5-15-11-6-12-18(4)21(19,20)16-13-7-9-14(10-8-13)17(2)3/h7-10,15-16H,5-6,11-12H2,1-4H3. The average molecular weight is 314 g/mol. The van der Waals surface area contributed by atoms with Crippen LogP contribution in [0.3, 0.4) is 0 Å². The summed E-state index contributed by atoms with van der Waals surface area (Å²) in [6.45, 7) is 4.22. The summed E-state index contributed by atoms with van der Waals surface area (Å²) in [6.07, 6.45) is 0.783. The van der Waals surface area contributed by atoms with E-state index in [9.17, 15) is 8.42 Å². The van der Waals surface area contributed by atoms with E-state index in [0.29, 0.717) is 12.2 Å². The van der Waals surface area contributed by atoms with Crippen LogP contribution in [0.15, 0.2) is 24.3 Å². The lowest BCUT2D eigenvalue weighted by Crippen LogP contribution is -2.34. The second kappa shape index (κ2) is 8.21. The highest BCUT2D eigenvalue weighted by Gasteiger charge is 2.16. The predicted octanol–water partition coefficient (Wildman–Crippen LogP) is 1.34. The minimum absolute atomic E-state index is 0.484. The molecule has 0 aliphatic rings. The SMILES string of the molecule is CCNCCCN(C)S(=O)(=O)Nc1ccc(N(C)C)cc1. The molecule has 0 heterocycles. The molecule has 120 valence electrons. The van der Waals surface area contributed by atoms with E-state index < -0.39 is 10.2 Å². The third-order valence-corrected chi connectivity index (χ3v) is 4.61. The maximum atomic E-state index is 12.2. The van der Waals surface area contributed by atoms with Crippen molar-refractivity contribution in [2.24, 2.45) is 0 Å². The van der Waals surface area contributed by atoms with Crippen molar-refractivity contribution in [2.45, 2.75) is 13.3 Å². The third-order valence-electron chi connectivity index (χ3n) is 3.12.